The monoisotopic (exact) mass is 445 g/mol. The highest BCUT2D eigenvalue weighted by molar-refractivity contribution is 7.13. The topological polar surface area (TPSA) is 108 Å². The molecular formula is C20H19N3O5S2. The van der Waals surface area contributed by atoms with Gasteiger partial charge in [-0.3, -0.25) is 4.79 Å². The summed E-state index contributed by atoms with van der Waals surface area (Å²) in [6.07, 6.45) is 0. The number of esters is 2. The number of thiazole rings is 2. The Balaban J connectivity index is 2.02. The number of rotatable bonds is 5. The van der Waals surface area contributed by atoms with Gasteiger partial charge in [0.1, 0.15) is 22.0 Å². The number of pyridine rings is 1. The summed E-state index contributed by atoms with van der Waals surface area (Å²) in [6.45, 7) is 6.75. The van der Waals surface area contributed by atoms with Crippen LogP contribution in [-0.2, 0) is 9.47 Å². The van der Waals surface area contributed by atoms with Crippen LogP contribution in [0.15, 0.2) is 22.9 Å². The Labute approximate surface area is 180 Å². The number of Topliss-reactive ketones (excluding diaryl/α,β-unsaturated/α-hetero) is 1. The maximum absolute atomic E-state index is 12.2. The third kappa shape index (κ3) is 4.77. The third-order valence-corrected chi connectivity index (χ3v) is 5.49. The van der Waals surface area contributed by atoms with Gasteiger partial charge < -0.3 is 9.47 Å². The lowest BCUT2D eigenvalue weighted by Gasteiger charge is -2.18. The van der Waals surface area contributed by atoms with Crippen molar-refractivity contribution in [1.29, 1.82) is 0 Å². The van der Waals surface area contributed by atoms with Gasteiger partial charge >= 0.3 is 11.9 Å². The van der Waals surface area contributed by atoms with Crippen molar-refractivity contribution in [2.75, 3.05) is 7.11 Å². The van der Waals surface area contributed by atoms with Gasteiger partial charge in [-0.1, -0.05) is 0 Å². The van der Waals surface area contributed by atoms with Crippen LogP contribution in [0.2, 0.25) is 0 Å². The fraction of sp³-hybridized carbons (Fsp3) is 0.300. The first kappa shape index (κ1) is 21.7. The Hall–Kier alpha value is -2.98. The molecule has 0 N–H and O–H groups in total. The molecule has 0 bridgehead atoms. The van der Waals surface area contributed by atoms with E-state index in [1.807, 2.05) is 0 Å². The van der Waals surface area contributed by atoms with E-state index < -0.39 is 17.5 Å². The predicted octanol–water partition coefficient (Wildman–Crippen LogP) is 4.27. The second-order valence-corrected chi connectivity index (χ2v) is 8.93. The van der Waals surface area contributed by atoms with E-state index in [0.29, 0.717) is 21.4 Å². The molecule has 0 aliphatic heterocycles. The van der Waals surface area contributed by atoms with Gasteiger partial charge in [-0.15, -0.1) is 22.7 Å². The van der Waals surface area contributed by atoms with Crippen molar-refractivity contribution in [3.05, 3.63) is 39.2 Å². The second kappa shape index (κ2) is 8.41. The number of aromatic nitrogens is 3. The number of carbonyl (C=O) groups is 3. The van der Waals surface area contributed by atoms with E-state index in [0.717, 1.165) is 0 Å². The normalized spacial score (nSPS) is 11.2. The van der Waals surface area contributed by atoms with Crippen LogP contribution < -0.4 is 0 Å². The first-order chi connectivity index (χ1) is 14.1. The third-order valence-electron chi connectivity index (χ3n) is 3.68. The predicted molar refractivity (Wildman–Crippen MR) is 113 cm³/mol. The molecule has 0 saturated heterocycles. The summed E-state index contributed by atoms with van der Waals surface area (Å²) < 4.78 is 10.2. The Morgan fingerprint density at radius 1 is 0.933 bits per heavy atom. The van der Waals surface area contributed by atoms with Crippen molar-refractivity contribution in [2.24, 2.45) is 0 Å². The number of ketones is 1. The molecule has 0 amide bonds. The van der Waals surface area contributed by atoms with Gasteiger partial charge in [-0.25, -0.2) is 24.5 Å². The van der Waals surface area contributed by atoms with Gasteiger partial charge in [-0.2, -0.15) is 0 Å². The van der Waals surface area contributed by atoms with Crippen LogP contribution in [0.4, 0.5) is 0 Å². The molecule has 0 unspecified atom stereocenters. The molecule has 0 fully saturated rings. The van der Waals surface area contributed by atoms with Gasteiger partial charge in [0.05, 0.1) is 18.4 Å². The molecule has 3 heterocycles. The standard InChI is InChI=1S/C20H19N3O5S2/c1-10(24)16-22-13(8-29-16)15-11(18(25)27-5)6-7-12(21-15)17-23-14(9-30-17)19(26)28-20(2,3)4/h6-9H,1-5H3. The summed E-state index contributed by atoms with van der Waals surface area (Å²) in [5.74, 6) is -1.28. The molecule has 0 atom stereocenters. The van der Waals surface area contributed by atoms with Gasteiger partial charge in [0.2, 0.25) is 0 Å². The summed E-state index contributed by atoms with van der Waals surface area (Å²) in [7, 11) is 1.27. The van der Waals surface area contributed by atoms with E-state index in [9.17, 15) is 14.4 Å². The Morgan fingerprint density at radius 3 is 2.27 bits per heavy atom. The molecule has 8 nitrogen and oxygen atoms in total. The van der Waals surface area contributed by atoms with Crippen LogP contribution >= 0.6 is 22.7 Å². The lowest BCUT2D eigenvalue weighted by molar-refractivity contribution is 0.00635. The van der Waals surface area contributed by atoms with Gasteiger partial charge in [0.15, 0.2) is 16.5 Å². The highest BCUT2D eigenvalue weighted by Gasteiger charge is 2.23. The van der Waals surface area contributed by atoms with Crippen molar-refractivity contribution in [1.82, 2.24) is 15.0 Å². The minimum Gasteiger partial charge on any atom is -0.465 e. The molecule has 0 aliphatic carbocycles. The number of hydrogen-bond acceptors (Lipinski definition) is 10. The fourth-order valence-electron chi connectivity index (χ4n) is 2.41. The Bertz CT molecular complexity index is 1130. The van der Waals surface area contributed by atoms with Crippen molar-refractivity contribution in [3.8, 4) is 22.1 Å². The van der Waals surface area contributed by atoms with Crippen molar-refractivity contribution in [3.63, 3.8) is 0 Å². The number of methoxy groups -OCH3 is 1. The van der Waals surface area contributed by atoms with Gasteiger partial charge in [0, 0.05) is 17.7 Å². The largest absolute Gasteiger partial charge is 0.465 e. The van der Waals surface area contributed by atoms with E-state index >= 15 is 0 Å². The molecule has 3 rings (SSSR count). The molecule has 0 aliphatic rings. The second-order valence-electron chi connectivity index (χ2n) is 7.22. The van der Waals surface area contributed by atoms with Crippen LogP contribution in [0.25, 0.3) is 22.1 Å². The van der Waals surface area contributed by atoms with Crippen molar-refractivity contribution < 1.29 is 23.9 Å². The first-order valence-electron chi connectivity index (χ1n) is 8.84. The minimum atomic E-state index is -0.631. The zero-order valence-corrected chi connectivity index (χ0v) is 18.6. The molecule has 0 spiro atoms. The summed E-state index contributed by atoms with van der Waals surface area (Å²) in [5.41, 5.74) is 0.875. The van der Waals surface area contributed by atoms with Crippen LogP contribution in [0, 0.1) is 0 Å². The molecule has 0 radical (unpaired) electrons. The number of ether oxygens (including phenoxy) is 2. The highest BCUT2D eigenvalue weighted by atomic mass is 32.1. The van der Waals surface area contributed by atoms with E-state index in [-0.39, 0.29) is 22.7 Å². The number of carbonyl (C=O) groups excluding carboxylic acids is 3. The molecular weight excluding hydrogens is 426 g/mol. The average molecular weight is 446 g/mol. The maximum Gasteiger partial charge on any atom is 0.358 e. The Morgan fingerprint density at radius 2 is 1.67 bits per heavy atom. The van der Waals surface area contributed by atoms with Crippen LogP contribution in [0.1, 0.15) is 58.3 Å². The van der Waals surface area contributed by atoms with Crippen LogP contribution in [0.5, 0.6) is 0 Å². The van der Waals surface area contributed by atoms with Crippen molar-refractivity contribution >= 4 is 40.4 Å². The highest BCUT2D eigenvalue weighted by Crippen LogP contribution is 2.30. The first-order valence-corrected chi connectivity index (χ1v) is 10.6. The minimum absolute atomic E-state index is 0.177. The molecule has 30 heavy (non-hydrogen) atoms. The van der Waals surface area contributed by atoms with E-state index in [1.165, 1.54) is 36.7 Å². The zero-order valence-electron chi connectivity index (χ0n) is 17.0. The van der Waals surface area contributed by atoms with Crippen molar-refractivity contribution in [2.45, 2.75) is 33.3 Å². The molecule has 3 aromatic rings. The van der Waals surface area contributed by atoms with Gasteiger partial charge in [0.25, 0.3) is 0 Å². The summed E-state index contributed by atoms with van der Waals surface area (Å²) in [6, 6.07) is 3.18. The Kier molecular flexibility index (Phi) is 6.09. The average Bonchev–Trinajstić information content (AvgIpc) is 3.35. The number of hydrogen-bond donors (Lipinski definition) is 0. The SMILES string of the molecule is COC(=O)c1ccc(-c2nc(C(=O)OC(C)(C)C)cs2)nc1-c1csc(C(C)=O)n1. The smallest absolute Gasteiger partial charge is 0.358 e. The summed E-state index contributed by atoms with van der Waals surface area (Å²) in [5, 5.41) is 4.05. The lowest BCUT2D eigenvalue weighted by atomic mass is 10.1. The lowest BCUT2D eigenvalue weighted by Crippen LogP contribution is -2.24. The molecule has 156 valence electrons. The van der Waals surface area contributed by atoms with Gasteiger partial charge in [-0.05, 0) is 32.9 Å². The fourth-order valence-corrected chi connectivity index (χ4v) is 3.87. The van der Waals surface area contributed by atoms with Crippen LogP contribution in [-0.4, -0.2) is 45.4 Å². The van der Waals surface area contributed by atoms with E-state index in [1.54, 1.807) is 43.7 Å². The van der Waals surface area contributed by atoms with Crippen LogP contribution in [0.3, 0.4) is 0 Å². The summed E-state index contributed by atoms with van der Waals surface area (Å²) in [4.78, 5) is 49.2. The zero-order chi connectivity index (χ0) is 22.1. The quantitative estimate of drug-likeness (QED) is 0.423. The molecule has 0 aromatic carbocycles. The maximum atomic E-state index is 12.2. The molecule has 0 saturated carbocycles. The number of nitrogens with zero attached hydrogens (tertiary/aromatic N) is 3. The van der Waals surface area contributed by atoms with E-state index in [2.05, 4.69) is 15.0 Å². The summed E-state index contributed by atoms with van der Waals surface area (Å²) >= 11 is 2.40. The molecule has 10 heteroatoms. The van der Waals surface area contributed by atoms with E-state index in [4.69, 9.17) is 9.47 Å². The molecule has 3 aromatic heterocycles.